The van der Waals surface area contributed by atoms with E-state index in [0.717, 1.165) is 29.3 Å². The minimum atomic E-state index is -0.331. The molecule has 0 saturated carbocycles. The van der Waals surface area contributed by atoms with Crippen LogP contribution in [0.4, 0.5) is 4.39 Å². The molecule has 1 aliphatic rings. The van der Waals surface area contributed by atoms with Crippen molar-refractivity contribution in [3.8, 4) is 0 Å². The van der Waals surface area contributed by atoms with Crippen molar-refractivity contribution in [2.45, 2.75) is 18.3 Å². The highest BCUT2D eigenvalue weighted by Crippen LogP contribution is 2.34. The molecule has 5 nitrogen and oxygen atoms in total. The number of nitrogens with zero attached hydrogens (tertiary/aromatic N) is 1. The molecule has 0 unspecified atom stereocenters. The third-order valence-corrected chi connectivity index (χ3v) is 5.16. The number of halogens is 1. The van der Waals surface area contributed by atoms with Gasteiger partial charge in [0.1, 0.15) is 5.82 Å². The van der Waals surface area contributed by atoms with Crippen LogP contribution in [0.2, 0.25) is 0 Å². The van der Waals surface area contributed by atoms with Gasteiger partial charge in [0.05, 0.1) is 5.52 Å². The lowest BCUT2D eigenvalue weighted by molar-refractivity contribution is 0.0486. The van der Waals surface area contributed by atoms with Gasteiger partial charge in [0.25, 0.3) is 5.91 Å². The number of carbonyl (C=O) groups is 1. The quantitative estimate of drug-likeness (QED) is 0.757. The molecule has 1 aromatic heterocycles. The molecule has 2 N–H and O–H groups in total. The molecule has 0 aliphatic carbocycles. The van der Waals surface area contributed by atoms with Gasteiger partial charge in [-0.2, -0.15) is 5.10 Å². The topological polar surface area (TPSA) is 67.0 Å². The fraction of sp³-hybridized carbons (Fsp3) is 0.300. The average molecular weight is 353 g/mol. The van der Waals surface area contributed by atoms with Gasteiger partial charge in [0.15, 0.2) is 5.69 Å². The Morgan fingerprint density at radius 1 is 1.19 bits per heavy atom. The monoisotopic (exact) mass is 353 g/mol. The van der Waals surface area contributed by atoms with Crippen molar-refractivity contribution in [3.63, 3.8) is 0 Å². The Balaban J connectivity index is 1.58. The van der Waals surface area contributed by atoms with E-state index in [4.69, 9.17) is 4.74 Å². The Kier molecular flexibility index (Phi) is 4.42. The average Bonchev–Trinajstić information content (AvgIpc) is 3.11. The first-order valence-corrected chi connectivity index (χ1v) is 8.73. The summed E-state index contributed by atoms with van der Waals surface area (Å²) in [6, 6.07) is 14.1. The molecule has 6 heteroatoms. The Labute approximate surface area is 150 Å². The Hall–Kier alpha value is -2.73. The first kappa shape index (κ1) is 16.7. The number of hydrogen-bond donors (Lipinski definition) is 2. The van der Waals surface area contributed by atoms with Gasteiger partial charge in [-0.05, 0) is 36.6 Å². The van der Waals surface area contributed by atoms with E-state index in [0.29, 0.717) is 25.5 Å². The maximum absolute atomic E-state index is 13.8. The summed E-state index contributed by atoms with van der Waals surface area (Å²) in [7, 11) is 0. The first-order valence-electron chi connectivity index (χ1n) is 8.73. The molecular weight excluding hydrogens is 333 g/mol. The number of fused-ring (bicyclic) bond motifs is 1. The minimum Gasteiger partial charge on any atom is -0.381 e. The second-order valence-corrected chi connectivity index (χ2v) is 6.70. The standard InChI is InChI=1S/C20H20FN3O2/c21-15-5-3-4-14(12-15)20(8-10-26-11-9-20)13-22-19(25)18-16-6-1-2-7-17(16)23-24-18/h1-7,12H,8-11,13H2,(H,22,25)(H,23,24). The molecule has 3 aromatic rings. The molecule has 0 atom stereocenters. The van der Waals surface area contributed by atoms with Gasteiger partial charge in [-0.1, -0.05) is 30.3 Å². The number of amides is 1. The number of H-pyrrole nitrogens is 1. The smallest absolute Gasteiger partial charge is 0.272 e. The Morgan fingerprint density at radius 3 is 2.81 bits per heavy atom. The lowest BCUT2D eigenvalue weighted by atomic mass is 9.74. The second kappa shape index (κ2) is 6.88. The highest BCUT2D eigenvalue weighted by molar-refractivity contribution is 6.04. The van der Waals surface area contributed by atoms with Crippen LogP contribution in [0.25, 0.3) is 10.9 Å². The lowest BCUT2D eigenvalue weighted by Gasteiger charge is -2.37. The third kappa shape index (κ3) is 3.08. The van der Waals surface area contributed by atoms with Crippen LogP contribution in [0.3, 0.4) is 0 Å². The van der Waals surface area contributed by atoms with Gasteiger partial charge in [-0.3, -0.25) is 9.89 Å². The number of benzene rings is 2. The van der Waals surface area contributed by atoms with Crippen molar-refractivity contribution in [2.75, 3.05) is 19.8 Å². The lowest BCUT2D eigenvalue weighted by Crippen LogP contribution is -2.44. The molecule has 1 fully saturated rings. The molecule has 2 aromatic carbocycles. The van der Waals surface area contributed by atoms with Crippen LogP contribution >= 0.6 is 0 Å². The van der Waals surface area contributed by atoms with Crippen LogP contribution in [-0.2, 0) is 10.2 Å². The number of hydrogen-bond acceptors (Lipinski definition) is 3. The molecule has 0 bridgehead atoms. The molecule has 26 heavy (non-hydrogen) atoms. The number of aromatic amines is 1. The van der Waals surface area contributed by atoms with E-state index in [2.05, 4.69) is 15.5 Å². The normalized spacial score (nSPS) is 16.5. The molecule has 2 heterocycles. The zero-order valence-electron chi connectivity index (χ0n) is 14.3. The van der Waals surface area contributed by atoms with Crippen molar-refractivity contribution in [1.29, 1.82) is 0 Å². The zero-order chi connectivity index (χ0) is 18.0. The zero-order valence-corrected chi connectivity index (χ0v) is 14.3. The van der Waals surface area contributed by atoms with Crippen LogP contribution in [0.15, 0.2) is 48.5 Å². The molecule has 1 saturated heterocycles. The summed E-state index contributed by atoms with van der Waals surface area (Å²) in [6.45, 7) is 1.61. The summed E-state index contributed by atoms with van der Waals surface area (Å²) in [4.78, 5) is 12.7. The molecule has 1 amide bonds. The van der Waals surface area contributed by atoms with Gasteiger partial charge >= 0.3 is 0 Å². The van der Waals surface area contributed by atoms with Crippen molar-refractivity contribution < 1.29 is 13.9 Å². The van der Waals surface area contributed by atoms with Crippen LogP contribution in [-0.4, -0.2) is 35.9 Å². The molecule has 0 spiro atoms. The maximum atomic E-state index is 13.8. The number of carbonyl (C=O) groups excluding carboxylic acids is 1. The highest BCUT2D eigenvalue weighted by Gasteiger charge is 2.35. The third-order valence-electron chi connectivity index (χ3n) is 5.16. The van der Waals surface area contributed by atoms with Crippen molar-refractivity contribution >= 4 is 16.8 Å². The summed E-state index contributed by atoms with van der Waals surface area (Å²) in [5, 5.41) is 10.8. The SMILES string of the molecule is O=C(NCC1(c2cccc(F)c2)CCOCC1)c1n[nH]c2ccccc12. The molecule has 4 rings (SSSR count). The Morgan fingerprint density at radius 2 is 2.00 bits per heavy atom. The van der Waals surface area contributed by atoms with Gasteiger partial charge < -0.3 is 10.1 Å². The second-order valence-electron chi connectivity index (χ2n) is 6.70. The van der Waals surface area contributed by atoms with Crippen molar-refractivity contribution in [1.82, 2.24) is 15.5 Å². The van der Waals surface area contributed by atoms with Gasteiger partial charge in [0.2, 0.25) is 0 Å². The minimum absolute atomic E-state index is 0.232. The number of ether oxygens (including phenoxy) is 1. The van der Waals surface area contributed by atoms with E-state index in [1.807, 2.05) is 30.3 Å². The van der Waals surface area contributed by atoms with E-state index >= 15 is 0 Å². The summed E-state index contributed by atoms with van der Waals surface area (Å²) < 4.78 is 19.2. The molecule has 0 radical (unpaired) electrons. The number of nitrogens with one attached hydrogen (secondary N) is 2. The van der Waals surface area contributed by atoms with Crippen molar-refractivity contribution in [3.05, 3.63) is 65.6 Å². The predicted octanol–water partition coefficient (Wildman–Crippen LogP) is 3.18. The van der Waals surface area contributed by atoms with E-state index in [9.17, 15) is 9.18 Å². The largest absolute Gasteiger partial charge is 0.381 e. The Bertz CT molecular complexity index is 931. The summed E-state index contributed by atoms with van der Waals surface area (Å²) in [5.41, 5.74) is 1.76. The number of para-hydroxylation sites is 1. The highest BCUT2D eigenvalue weighted by atomic mass is 19.1. The number of rotatable bonds is 4. The number of aromatic nitrogens is 2. The van der Waals surface area contributed by atoms with Gasteiger partial charge in [0, 0.05) is 30.6 Å². The van der Waals surface area contributed by atoms with Gasteiger partial charge in [-0.25, -0.2) is 4.39 Å². The maximum Gasteiger partial charge on any atom is 0.272 e. The fourth-order valence-corrected chi connectivity index (χ4v) is 3.62. The van der Waals surface area contributed by atoms with E-state index in [1.165, 1.54) is 6.07 Å². The first-order chi connectivity index (χ1) is 12.7. The van der Waals surface area contributed by atoms with Crippen LogP contribution in [0, 0.1) is 5.82 Å². The van der Waals surface area contributed by atoms with Crippen LogP contribution in [0.1, 0.15) is 28.9 Å². The van der Waals surface area contributed by atoms with Gasteiger partial charge in [-0.15, -0.1) is 0 Å². The van der Waals surface area contributed by atoms with E-state index in [1.54, 1.807) is 12.1 Å². The van der Waals surface area contributed by atoms with E-state index < -0.39 is 0 Å². The summed E-state index contributed by atoms with van der Waals surface area (Å²) in [5.74, 6) is -0.497. The summed E-state index contributed by atoms with van der Waals surface area (Å²) >= 11 is 0. The van der Waals surface area contributed by atoms with E-state index in [-0.39, 0.29) is 17.1 Å². The molecular formula is C20H20FN3O2. The predicted molar refractivity (Wildman–Crippen MR) is 96.6 cm³/mol. The molecule has 1 aliphatic heterocycles. The molecule has 134 valence electrons. The summed E-state index contributed by atoms with van der Waals surface area (Å²) in [6.07, 6.45) is 1.47. The fourth-order valence-electron chi connectivity index (χ4n) is 3.62. The van der Waals surface area contributed by atoms with Crippen LogP contribution in [0.5, 0.6) is 0 Å². The van der Waals surface area contributed by atoms with Crippen molar-refractivity contribution in [2.24, 2.45) is 0 Å². The van der Waals surface area contributed by atoms with Crippen LogP contribution < -0.4 is 5.32 Å².